The van der Waals surface area contributed by atoms with Crippen molar-refractivity contribution in [2.75, 3.05) is 5.73 Å². The van der Waals surface area contributed by atoms with E-state index in [1.54, 1.807) is 24.3 Å². The number of rotatable bonds is 3. The first-order chi connectivity index (χ1) is 10.8. The molecule has 0 bridgehead atoms. The molecule has 5 nitrogen and oxygen atoms in total. The molecule has 3 rings (SSSR count). The van der Waals surface area contributed by atoms with E-state index < -0.39 is 10.0 Å². The Morgan fingerprint density at radius 2 is 1.74 bits per heavy atom. The average molecular weight is 409 g/mol. The van der Waals surface area contributed by atoms with E-state index in [1.165, 1.54) is 12.1 Å². The molecule has 0 aliphatic heterocycles. The van der Waals surface area contributed by atoms with Gasteiger partial charge in [0.05, 0.1) is 10.0 Å². The third kappa shape index (κ3) is 3.07. The number of benzene rings is 1. The van der Waals surface area contributed by atoms with Crippen LogP contribution in [0.1, 0.15) is 0 Å². The molecule has 10 heteroatoms. The molecule has 0 saturated carbocycles. The Bertz CT molecular complexity index is 979. The Morgan fingerprint density at radius 3 is 2.30 bits per heavy atom. The van der Waals surface area contributed by atoms with Gasteiger partial charge in [0.2, 0.25) is 0 Å². The van der Waals surface area contributed by atoms with E-state index in [0.29, 0.717) is 16.3 Å². The van der Waals surface area contributed by atoms with E-state index >= 15 is 0 Å². The lowest BCUT2D eigenvalue weighted by atomic mass is 10.1. The molecule has 0 radical (unpaired) electrons. The maximum Gasteiger partial charge on any atom is 0.287 e. The molecule has 0 aliphatic rings. The second-order valence-corrected chi connectivity index (χ2v) is 8.96. The fraction of sp³-hybridized carbons (Fsp3) is 0. The fourth-order valence-electron chi connectivity index (χ4n) is 1.93. The topological polar surface area (TPSA) is 78.0 Å². The number of thiophene rings is 1. The van der Waals surface area contributed by atoms with Gasteiger partial charge in [-0.2, -0.15) is 13.5 Å². The van der Waals surface area contributed by atoms with E-state index in [9.17, 15) is 8.42 Å². The van der Waals surface area contributed by atoms with Gasteiger partial charge < -0.3 is 5.73 Å². The number of nitrogens with zero attached hydrogens (tertiary/aromatic N) is 2. The van der Waals surface area contributed by atoms with Crippen LogP contribution in [0.2, 0.25) is 13.7 Å². The van der Waals surface area contributed by atoms with Crippen LogP contribution in [0, 0.1) is 0 Å². The maximum absolute atomic E-state index is 12.7. The predicted molar refractivity (Wildman–Crippen MR) is 94.0 cm³/mol. The molecular formula is C13H8Cl3N3O2S2. The number of hydrogen-bond acceptors (Lipinski definition) is 5. The van der Waals surface area contributed by atoms with Gasteiger partial charge in [-0.3, -0.25) is 0 Å². The summed E-state index contributed by atoms with van der Waals surface area (Å²) >= 11 is 18.5. The molecule has 2 N–H and O–H groups in total. The molecule has 0 atom stereocenters. The van der Waals surface area contributed by atoms with Crippen molar-refractivity contribution in [3.05, 3.63) is 50.1 Å². The lowest BCUT2D eigenvalue weighted by Crippen LogP contribution is -2.16. The predicted octanol–water partition coefficient (Wildman–Crippen LogP) is 4.39. The van der Waals surface area contributed by atoms with Gasteiger partial charge in [0.1, 0.15) is 15.0 Å². The zero-order valence-corrected chi connectivity index (χ0v) is 15.1. The Morgan fingerprint density at radius 1 is 1.09 bits per heavy atom. The zero-order valence-electron chi connectivity index (χ0n) is 11.2. The first-order valence-electron chi connectivity index (χ1n) is 6.11. The first kappa shape index (κ1) is 16.6. The number of anilines is 1. The SMILES string of the molecule is Nc1cc(-c2ccc(Cl)cc2)nn1S(=O)(=O)c1cc(Cl)sc1Cl. The summed E-state index contributed by atoms with van der Waals surface area (Å²) in [7, 11) is -4.03. The number of hydrogen-bond donors (Lipinski definition) is 1. The highest BCUT2D eigenvalue weighted by molar-refractivity contribution is 7.90. The third-order valence-electron chi connectivity index (χ3n) is 2.98. The Kier molecular flexibility index (Phi) is 4.33. The average Bonchev–Trinajstić information content (AvgIpc) is 3.03. The highest BCUT2D eigenvalue weighted by atomic mass is 35.5. The van der Waals surface area contributed by atoms with Crippen LogP contribution in [0.25, 0.3) is 11.3 Å². The van der Waals surface area contributed by atoms with Crippen molar-refractivity contribution in [3.8, 4) is 11.3 Å². The largest absolute Gasteiger partial charge is 0.383 e. The minimum absolute atomic E-state index is 0.0339. The molecular weight excluding hydrogens is 401 g/mol. The van der Waals surface area contributed by atoms with Gasteiger partial charge in [0.25, 0.3) is 10.0 Å². The van der Waals surface area contributed by atoms with Crippen molar-refractivity contribution in [2.24, 2.45) is 0 Å². The van der Waals surface area contributed by atoms with Crippen LogP contribution in [0.15, 0.2) is 41.3 Å². The molecule has 2 aromatic heterocycles. The van der Waals surface area contributed by atoms with Gasteiger partial charge in [0, 0.05) is 16.7 Å². The molecule has 23 heavy (non-hydrogen) atoms. The van der Waals surface area contributed by atoms with E-state index in [0.717, 1.165) is 15.4 Å². The van der Waals surface area contributed by atoms with Gasteiger partial charge in [-0.15, -0.1) is 15.4 Å². The molecule has 2 heterocycles. The normalized spacial score (nSPS) is 11.8. The molecule has 1 aromatic carbocycles. The van der Waals surface area contributed by atoms with Crippen LogP contribution in [0.3, 0.4) is 0 Å². The van der Waals surface area contributed by atoms with Gasteiger partial charge >= 0.3 is 0 Å². The highest BCUT2D eigenvalue weighted by Crippen LogP contribution is 2.36. The summed E-state index contributed by atoms with van der Waals surface area (Å²) in [4.78, 5) is -0.133. The first-order valence-corrected chi connectivity index (χ1v) is 9.50. The summed E-state index contributed by atoms with van der Waals surface area (Å²) < 4.78 is 26.4. The van der Waals surface area contributed by atoms with Gasteiger partial charge in [-0.05, 0) is 18.2 Å². The van der Waals surface area contributed by atoms with E-state index in [1.807, 2.05) is 0 Å². The molecule has 0 unspecified atom stereocenters. The molecule has 0 amide bonds. The molecule has 3 aromatic rings. The second-order valence-electron chi connectivity index (χ2n) is 4.50. The number of nitrogens with two attached hydrogens (primary N) is 1. The zero-order chi connectivity index (χ0) is 16.8. The lowest BCUT2D eigenvalue weighted by Gasteiger charge is -2.04. The smallest absolute Gasteiger partial charge is 0.287 e. The summed E-state index contributed by atoms with van der Waals surface area (Å²) in [6.45, 7) is 0. The van der Waals surface area contributed by atoms with Crippen molar-refractivity contribution in [1.82, 2.24) is 9.19 Å². The van der Waals surface area contributed by atoms with Gasteiger partial charge in [-0.25, -0.2) is 0 Å². The van der Waals surface area contributed by atoms with Gasteiger partial charge in [0.15, 0.2) is 0 Å². The Hall–Kier alpha value is -1.25. The van der Waals surface area contributed by atoms with Crippen LogP contribution in [0.5, 0.6) is 0 Å². The number of nitrogen functional groups attached to an aromatic ring is 1. The monoisotopic (exact) mass is 407 g/mol. The molecule has 0 fully saturated rings. The van der Waals surface area contributed by atoms with Crippen LogP contribution in [-0.4, -0.2) is 17.6 Å². The Balaban J connectivity index is 2.11. The summed E-state index contributed by atoms with van der Waals surface area (Å²) in [6.07, 6.45) is 0. The minimum atomic E-state index is -4.03. The van der Waals surface area contributed by atoms with Crippen molar-refractivity contribution < 1.29 is 8.42 Å². The van der Waals surface area contributed by atoms with Crippen molar-refractivity contribution in [2.45, 2.75) is 4.90 Å². The summed E-state index contributed by atoms with van der Waals surface area (Å²) in [5.41, 5.74) is 6.90. The summed E-state index contributed by atoms with van der Waals surface area (Å²) in [6, 6.07) is 9.52. The molecule has 120 valence electrons. The van der Waals surface area contributed by atoms with E-state index in [2.05, 4.69) is 5.10 Å². The summed E-state index contributed by atoms with van der Waals surface area (Å²) in [5.74, 6) is -0.0339. The lowest BCUT2D eigenvalue weighted by molar-refractivity contribution is 0.582. The van der Waals surface area contributed by atoms with E-state index in [-0.39, 0.29) is 19.4 Å². The fourth-order valence-corrected chi connectivity index (χ4v) is 5.38. The van der Waals surface area contributed by atoms with Crippen LogP contribution in [-0.2, 0) is 10.0 Å². The maximum atomic E-state index is 12.7. The third-order valence-corrected chi connectivity index (χ3v) is 6.58. The van der Waals surface area contributed by atoms with Crippen molar-refractivity contribution >= 4 is 62.0 Å². The molecule has 0 spiro atoms. The van der Waals surface area contributed by atoms with Crippen LogP contribution in [0.4, 0.5) is 5.82 Å². The minimum Gasteiger partial charge on any atom is -0.383 e. The van der Waals surface area contributed by atoms with Crippen molar-refractivity contribution in [1.29, 1.82) is 0 Å². The van der Waals surface area contributed by atoms with Crippen LogP contribution < -0.4 is 5.73 Å². The number of halogens is 3. The Labute approximate surface area is 151 Å². The molecule has 0 aliphatic carbocycles. The summed E-state index contributed by atoms with van der Waals surface area (Å²) in [5, 5.41) is 4.64. The molecule has 0 saturated heterocycles. The number of aromatic nitrogens is 2. The quantitative estimate of drug-likeness (QED) is 0.697. The van der Waals surface area contributed by atoms with Crippen LogP contribution >= 0.6 is 46.1 Å². The second kappa shape index (κ2) is 5.99. The highest BCUT2D eigenvalue weighted by Gasteiger charge is 2.26. The van der Waals surface area contributed by atoms with E-state index in [4.69, 9.17) is 40.5 Å². The standard InChI is InChI=1S/C13H8Cl3N3O2S2/c14-8-3-1-7(2-4-8)9-5-12(17)19(18-9)23(20,21)10-6-11(15)22-13(10)16/h1-6H,17H2. The van der Waals surface area contributed by atoms with Gasteiger partial charge in [-0.1, -0.05) is 46.9 Å². The van der Waals surface area contributed by atoms with Crippen molar-refractivity contribution in [3.63, 3.8) is 0 Å².